The maximum absolute atomic E-state index is 13.0. The summed E-state index contributed by atoms with van der Waals surface area (Å²) < 4.78 is 56.1. The fraction of sp³-hybridized carbons (Fsp3) is 0.571. The number of rotatable bonds is 5. The van der Waals surface area contributed by atoms with Gasteiger partial charge in [-0.25, -0.2) is 16.8 Å². The number of hydrogen-bond acceptors (Lipinski definition) is 5. The lowest BCUT2D eigenvalue weighted by Gasteiger charge is -2.27. The minimum Gasteiger partial charge on any atom is -0.495 e. The molecule has 1 aliphatic carbocycles. The van der Waals surface area contributed by atoms with Crippen molar-refractivity contribution in [3.63, 3.8) is 0 Å². The first-order valence-corrected chi connectivity index (χ1v) is 10.5. The highest BCUT2D eigenvalue weighted by Gasteiger charge is 2.46. The van der Waals surface area contributed by atoms with Crippen molar-refractivity contribution in [2.75, 3.05) is 18.6 Å². The van der Waals surface area contributed by atoms with Crippen molar-refractivity contribution in [2.24, 2.45) is 0 Å². The quantitative estimate of drug-likeness (QED) is 0.796. The fourth-order valence-electron chi connectivity index (χ4n) is 2.94. The summed E-state index contributed by atoms with van der Waals surface area (Å²) in [5.74, 6) is 0.259. The molecule has 3 rings (SSSR count). The Morgan fingerprint density at radius 2 is 1.82 bits per heavy atom. The van der Waals surface area contributed by atoms with Crippen LogP contribution in [0.4, 0.5) is 0 Å². The summed E-state index contributed by atoms with van der Waals surface area (Å²) in [5, 5.41) is 0. The average Bonchev–Trinajstić information content (AvgIpc) is 3.22. The zero-order chi connectivity index (χ0) is 16.0. The minimum atomic E-state index is -3.77. The van der Waals surface area contributed by atoms with Crippen molar-refractivity contribution in [1.29, 1.82) is 0 Å². The highest BCUT2D eigenvalue weighted by Crippen LogP contribution is 2.38. The molecule has 6 nitrogen and oxygen atoms in total. The SMILES string of the molecule is COc1ccccc1S(=O)(=O)N(C1CC1)[C@H]1CCS(=O)(=O)C1. The van der Waals surface area contributed by atoms with Crippen LogP contribution in [0.5, 0.6) is 5.75 Å². The van der Waals surface area contributed by atoms with E-state index in [4.69, 9.17) is 4.74 Å². The van der Waals surface area contributed by atoms with Crippen LogP contribution in [0.3, 0.4) is 0 Å². The summed E-state index contributed by atoms with van der Waals surface area (Å²) >= 11 is 0. The molecule has 0 spiro atoms. The van der Waals surface area contributed by atoms with Crippen LogP contribution in [0.15, 0.2) is 29.2 Å². The molecule has 0 bridgehead atoms. The molecule has 0 radical (unpaired) electrons. The van der Waals surface area contributed by atoms with Crippen molar-refractivity contribution in [3.05, 3.63) is 24.3 Å². The number of hydrogen-bond donors (Lipinski definition) is 0. The Labute approximate surface area is 131 Å². The molecule has 0 unspecified atom stereocenters. The monoisotopic (exact) mass is 345 g/mol. The molecule has 2 aliphatic rings. The molecule has 1 aromatic rings. The van der Waals surface area contributed by atoms with E-state index in [0.29, 0.717) is 6.42 Å². The average molecular weight is 345 g/mol. The third-order valence-corrected chi connectivity index (χ3v) is 7.89. The summed E-state index contributed by atoms with van der Waals surface area (Å²) in [6.07, 6.45) is 1.93. The summed E-state index contributed by atoms with van der Waals surface area (Å²) in [4.78, 5) is 0.105. The molecule has 1 aliphatic heterocycles. The van der Waals surface area contributed by atoms with Crippen molar-refractivity contribution < 1.29 is 21.6 Å². The van der Waals surface area contributed by atoms with Crippen LogP contribution in [0.1, 0.15) is 19.3 Å². The molecule has 0 amide bonds. The van der Waals surface area contributed by atoms with Crippen molar-refractivity contribution in [3.8, 4) is 5.75 Å². The van der Waals surface area contributed by atoms with Crippen LogP contribution >= 0.6 is 0 Å². The highest BCUT2D eigenvalue weighted by atomic mass is 32.2. The first kappa shape index (κ1) is 15.8. The molecule has 1 saturated carbocycles. The Balaban J connectivity index is 2.01. The minimum absolute atomic E-state index is 0.0579. The molecular weight excluding hydrogens is 326 g/mol. The number of ether oxygens (including phenoxy) is 1. The molecule has 22 heavy (non-hydrogen) atoms. The summed E-state index contributed by atoms with van der Waals surface area (Å²) in [7, 11) is -5.49. The molecule has 8 heteroatoms. The molecule has 122 valence electrons. The third kappa shape index (κ3) is 2.87. The van der Waals surface area contributed by atoms with Gasteiger partial charge < -0.3 is 4.74 Å². The van der Waals surface area contributed by atoms with E-state index in [2.05, 4.69) is 0 Å². The summed E-state index contributed by atoms with van der Waals surface area (Å²) in [6.45, 7) is 0. The van der Waals surface area contributed by atoms with E-state index < -0.39 is 25.9 Å². The first-order valence-electron chi connectivity index (χ1n) is 7.22. The molecule has 1 atom stereocenters. The van der Waals surface area contributed by atoms with Gasteiger partial charge in [0.1, 0.15) is 10.6 Å². The van der Waals surface area contributed by atoms with Crippen molar-refractivity contribution >= 4 is 19.9 Å². The van der Waals surface area contributed by atoms with E-state index in [9.17, 15) is 16.8 Å². The number of sulfonamides is 1. The molecule has 1 aromatic carbocycles. The number of methoxy groups -OCH3 is 1. The van der Waals surface area contributed by atoms with Gasteiger partial charge in [0, 0.05) is 12.1 Å². The predicted octanol–water partition coefficient (Wildman–Crippen LogP) is 1.04. The van der Waals surface area contributed by atoms with Crippen LogP contribution < -0.4 is 4.74 Å². The second-order valence-corrected chi connectivity index (χ2v) is 9.81. The van der Waals surface area contributed by atoms with Gasteiger partial charge in [0.15, 0.2) is 9.84 Å². The summed E-state index contributed by atoms with van der Waals surface area (Å²) in [6, 6.07) is 5.90. The number of benzene rings is 1. The zero-order valence-electron chi connectivity index (χ0n) is 12.3. The smallest absolute Gasteiger partial charge is 0.247 e. The topological polar surface area (TPSA) is 80.8 Å². The normalized spacial score (nSPS) is 24.5. The van der Waals surface area contributed by atoms with E-state index in [1.807, 2.05) is 0 Å². The van der Waals surface area contributed by atoms with Gasteiger partial charge in [-0.1, -0.05) is 12.1 Å². The van der Waals surface area contributed by atoms with Crippen LogP contribution in [-0.4, -0.2) is 51.8 Å². The lowest BCUT2D eigenvalue weighted by atomic mass is 10.2. The lowest BCUT2D eigenvalue weighted by Crippen LogP contribution is -2.42. The largest absolute Gasteiger partial charge is 0.495 e. The van der Waals surface area contributed by atoms with E-state index in [1.165, 1.54) is 17.5 Å². The Kier molecular flexibility index (Phi) is 3.94. The van der Waals surface area contributed by atoms with E-state index >= 15 is 0 Å². The van der Waals surface area contributed by atoms with Gasteiger partial charge in [0.05, 0.1) is 18.6 Å². The van der Waals surface area contributed by atoms with Crippen LogP contribution in [-0.2, 0) is 19.9 Å². The van der Waals surface area contributed by atoms with E-state index in [-0.39, 0.29) is 28.2 Å². The molecule has 0 N–H and O–H groups in total. The maximum Gasteiger partial charge on any atom is 0.247 e. The van der Waals surface area contributed by atoms with Crippen LogP contribution in [0.2, 0.25) is 0 Å². The van der Waals surface area contributed by atoms with Gasteiger partial charge in [-0.15, -0.1) is 0 Å². The predicted molar refractivity (Wildman–Crippen MR) is 82.1 cm³/mol. The Bertz CT molecular complexity index is 768. The van der Waals surface area contributed by atoms with Gasteiger partial charge in [-0.05, 0) is 31.4 Å². The lowest BCUT2D eigenvalue weighted by molar-refractivity contribution is 0.329. The molecular formula is C14H19NO5S2. The molecule has 2 fully saturated rings. The standard InChI is InChI=1S/C14H19NO5S2/c1-20-13-4-2-3-5-14(13)22(18,19)15(11-6-7-11)12-8-9-21(16,17)10-12/h2-5,11-12H,6-10H2,1H3/t12-/m0/s1. The van der Waals surface area contributed by atoms with Gasteiger partial charge in [-0.3, -0.25) is 0 Å². The maximum atomic E-state index is 13.0. The van der Waals surface area contributed by atoms with Crippen molar-refractivity contribution in [2.45, 2.75) is 36.2 Å². The van der Waals surface area contributed by atoms with Gasteiger partial charge in [0.2, 0.25) is 10.0 Å². The van der Waals surface area contributed by atoms with Gasteiger partial charge in [-0.2, -0.15) is 4.31 Å². The molecule has 1 heterocycles. The summed E-state index contributed by atoms with van der Waals surface area (Å²) in [5.41, 5.74) is 0. The third-order valence-electron chi connectivity index (χ3n) is 4.10. The first-order chi connectivity index (χ1) is 10.3. The Morgan fingerprint density at radius 3 is 2.36 bits per heavy atom. The van der Waals surface area contributed by atoms with Gasteiger partial charge >= 0.3 is 0 Å². The zero-order valence-corrected chi connectivity index (χ0v) is 13.9. The van der Waals surface area contributed by atoms with E-state index in [1.54, 1.807) is 18.2 Å². The van der Waals surface area contributed by atoms with Gasteiger partial charge in [0.25, 0.3) is 0 Å². The highest BCUT2D eigenvalue weighted by molar-refractivity contribution is 7.92. The second-order valence-electron chi connectivity index (χ2n) is 5.77. The number of para-hydroxylation sites is 1. The number of sulfone groups is 1. The van der Waals surface area contributed by atoms with Crippen LogP contribution in [0, 0.1) is 0 Å². The molecule has 0 aromatic heterocycles. The van der Waals surface area contributed by atoms with E-state index in [0.717, 1.165) is 12.8 Å². The Morgan fingerprint density at radius 1 is 1.14 bits per heavy atom. The second kappa shape index (κ2) is 5.50. The molecule has 1 saturated heterocycles. The van der Waals surface area contributed by atoms with Crippen LogP contribution in [0.25, 0.3) is 0 Å². The van der Waals surface area contributed by atoms with Crippen molar-refractivity contribution in [1.82, 2.24) is 4.31 Å². The fourth-order valence-corrected chi connectivity index (χ4v) is 6.81. The Hall–Kier alpha value is -1.12. The number of nitrogens with zero attached hydrogens (tertiary/aromatic N) is 1.